The highest BCUT2D eigenvalue weighted by molar-refractivity contribution is 7.89. The van der Waals surface area contributed by atoms with E-state index in [4.69, 9.17) is 0 Å². The number of phenols is 1. The second-order valence-corrected chi connectivity index (χ2v) is 8.71. The van der Waals surface area contributed by atoms with Gasteiger partial charge in [0, 0.05) is 18.7 Å². The molecule has 0 atom stereocenters. The van der Waals surface area contributed by atoms with Crippen LogP contribution in [0.5, 0.6) is 5.75 Å². The van der Waals surface area contributed by atoms with Crippen LogP contribution >= 0.6 is 0 Å². The molecule has 0 bridgehead atoms. The van der Waals surface area contributed by atoms with Crippen LogP contribution in [0.15, 0.2) is 65.6 Å². The summed E-state index contributed by atoms with van der Waals surface area (Å²) in [4.78, 5) is 12.9. The van der Waals surface area contributed by atoms with E-state index in [-0.39, 0.29) is 16.3 Å². The van der Waals surface area contributed by atoms with Crippen molar-refractivity contribution in [2.24, 2.45) is 0 Å². The van der Waals surface area contributed by atoms with Crippen LogP contribution in [0.3, 0.4) is 0 Å². The first-order valence-electron chi connectivity index (χ1n) is 9.09. The molecule has 1 amide bonds. The molecular formula is C21H20N2O4S. The standard InChI is InChI=1S/C21H20N2O4S/c24-20-11-10-16(28(26,27)23-12-3-4-13-23)14-19(20)22-21(25)18-9-5-7-15-6-1-2-8-17(15)18/h1-2,5-11,14,24H,3-4,12-13H2,(H,22,25). The van der Waals surface area contributed by atoms with E-state index >= 15 is 0 Å². The van der Waals surface area contributed by atoms with Crippen molar-refractivity contribution in [3.05, 3.63) is 66.2 Å². The van der Waals surface area contributed by atoms with Crippen molar-refractivity contribution in [2.45, 2.75) is 17.7 Å². The van der Waals surface area contributed by atoms with Gasteiger partial charge in [-0.3, -0.25) is 4.79 Å². The summed E-state index contributed by atoms with van der Waals surface area (Å²) in [5, 5.41) is 14.5. The number of benzene rings is 3. The normalized spacial score (nSPS) is 15.0. The zero-order valence-electron chi connectivity index (χ0n) is 15.1. The molecule has 0 aromatic heterocycles. The molecular weight excluding hydrogens is 376 g/mol. The van der Waals surface area contributed by atoms with Gasteiger partial charge in [-0.1, -0.05) is 36.4 Å². The number of sulfonamides is 1. The largest absolute Gasteiger partial charge is 0.506 e. The molecule has 0 radical (unpaired) electrons. The number of aromatic hydroxyl groups is 1. The van der Waals surface area contributed by atoms with Crippen molar-refractivity contribution >= 4 is 32.4 Å². The molecule has 1 fully saturated rings. The van der Waals surface area contributed by atoms with Gasteiger partial charge in [0.05, 0.1) is 10.6 Å². The Morgan fingerprint density at radius 2 is 1.68 bits per heavy atom. The molecule has 0 aliphatic carbocycles. The van der Waals surface area contributed by atoms with Crippen LogP contribution in [0.2, 0.25) is 0 Å². The topological polar surface area (TPSA) is 86.7 Å². The molecule has 0 spiro atoms. The van der Waals surface area contributed by atoms with Gasteiger partial charge < -0.3 is 10.4 Å². The van der Waals surface area contributed by atoms with Gasteiger partial charge in [0.15, 0.2) is 0 Å². The van der Waals surface area contributed by atoms with E-state index in [1.807, 2.05) is 30.3 Å². The summed E-state index contributed by atoms with van der Waals surface area (Å²) in [6.45, 7) is 0.974. The van der Waals surface area contributed by atoms with Gasteiger partial charge in [-0.05, 0) is 47.9 Å². The summed E-state index contributed by atoms with van der Waals surface area (Å²) in [6, 6.07) is 16.8. The van der Waals surface area contributed by atoms with E-state index in [1.54, 1.807) is 12.1 Å². The van der Waals surface area contributed by atoms with Crippen molar-refractivity contribution < 1.29 is 18.3 Å². The molecule has 1 aliphatic rings. The minimum Gasteiger partial charge on any atom is -0.506 e. The van der Waals surface area contributed by atoms with Crippen LogP contribution in [0.4, 0.5) is 5.69 Å². The number of hydrogen-bond donors (Lipinski definition) is 2. The molecule has 1 saturated heterocycles. The molecule has 0 saturated carbocycles. The monoisotopic (exact) mass is 396 g/mol. The predicted molar refractivity (Wildman–Crippen MR) is 108 cm³/mol. The Kier molecular flexibility index (Phi) is 4.78. The fraction of sp³-hybridized carbons (Fsp3) is 0.190. The average Bonchev–Trinajstić information content (AvgIpc) is 3.25. The maximum absolute atomic E-state index is 12.8. The number of fused-ring (bicyclic) bond motifs is 1. The van der Waals surface area contributed by atoms with Gasteiger partial charge in [-0.25, -0.2) is 8.42 Å². The van der Waals surface area contributed by atoms with Gasteiger partial charge in [0.25, 0.3) is 5.91 Å². The molecule has 3 aromatic carbocycles. The van der Waals surface area contributed by atoms with Gasteiger partial charge in [-0.15, -0.1) is 0 Å². The van der Waals surface area contributed by atoms with E-state index in [0.29, 0.717) is 18.7 Å². The molecule has 0 unspecified atom stereocenters. The number of nitrogens with zero attached hydrogens (tertiary/aromatic N) is 1. The Morgan fingerprint density at radius 3 is 2.46 bits per heavy atom. The molecule has 1 heterocycles. The van der Waals surface area contributed by atoms with Crippen molar-refractivity contribution in [3.8, 4) is 5.75 Å². The van der Waals surface area contributed by atoms with Gasteiger partial charge in [0.2, 0.25) is 10.0 Å². The zero-order chi connectivity index (χ0) is 19.7. The molecule has 144 valence electrons. The summed E-state index contributed by atoms with van der Waals surface area (Å²) in [6.07, 6.45) is 1.67. The van der Waals surface area contributed by atoms with Crippen LogP contribution in [0.25, 0.3) is 10.8 Å². The van der Waals surface area contributed by atoms with E-state index in [0.717, 1.165) is 23.6 Å². The number of carbonyl (C=O) groups excluding carboxylic acids is 1. The number of amides is 1. The molecule has 7 heteroatoms. The Hall–Kier alpha value is -2.90. The smallest absolute Gasteiger partial charge is 0.256 e. The molecule has 28 heavy (non-hydrogen) atoms. The number of carbonyl (C=O) groups is 1. The first kappa shape index (κ1) is 18.5. The fourth-order valence-corrected chi connectivity index (χ4v) is 5.01. The van der Waals surface area contributed by atoms with E-state index in [1.165, 1.54) is 22.5 Å². The third kappa shape index (κ3) is 3.34. The summed E-state index contributed by atoms with van der Waals surface area (Å²) >= 11 is 0. The van der Waals surface area contributed by atoms with Gasteiger partial charge in [0.1, 0.15) is 5.75 Å². The van der Waals surface area contributed by atoms with Crippen molar-refractivity contribution in [3.63, 3.8) is 0 Å². The molecule has 1 aliphatic heterocycles. The fourth-order valence-electron chi connectivity index (χ4n) is 3.47. The predicted octanol–water partition coefficient (Wildman–Crippen LogP) is 3.58. The van der Waals surface area contributed by atoms with E-state index in [2.05, 4.69) is 5.32 Å². The third-order valence-electron chi connectivity index (χ3n) is 4.95. The average molecular weight is 396 g/mol. The highest BCUT2D eigenvalue weighted by atomic mass is 32.2. The van der Waals surface area contributed by atoms with Crippen LogP contribution in [0.1, 0.15) is 23.2 Å². The number of anilines is 1. The number of rotatable bonds is 4. The minimum atomic E-state index is -3.64. The second kappa shape index (κ2) is 7.26. The van der Waals surface area contributed by atoms with Crippen LogP contribution in [0, 0.1) is 0 Å². The first-order valence-corrected chi connectivity index (χ1v) is 10.5. The Balaban J connectivity index is 1.67. The minimum absolute atomic E-state index is 0.0559. The molecule has 2 N–H and O–H groups in total. The first-order chi connectivity index (χ1) is 13.5. The van der Waals surface area contributed by atoms with Crippen molar-refractivity contribution in [1.82, 2.24) is 4.31 Å². The summed E-state index contributed by atoms with van der Waals surface area (Å²) in [5.41, 5.74) is 0.517. The van der Waals surface area contributed by atoms with Crippen LogP contribution < -0.4 is 5.32 Å². The maximum atomic E-state index is 12.8. The highest BCUT2D eigenvalue weighted by Crippen LogP contribution is 2.30. The second-order valence-electron chi connectivity index (χ2n) is 6.77. The SMILES string of the molecule is O=C(Nc1cc(S(=O)(=O)N2CCCC2)ccc1O)c1cccc2ccccc12. The lowest BCUT2D eigenvalue weighted by Crippen LogP contribution is -2.28. The zero-order valence-corrected chi connectivity index (χ0v) is 15.9. The van der Waals surface area contributed by atoms with Crippen molar-refractivity contribution in [2.75, 3.05) is 18.4 Å². The number of hydrogen-bond acceptors (Lipinski definition) is 4. The number of nitrogens with one attached hydrogen (secondary N) is 1. The third-order valence-corrected chi connectivity index (χ3v) is 6.85. The number of phenolic OH excluding ortho intramolecular Hbond substituents is 1. The van der Waals surface area contributed by atoms with Gasteiger partial charge >= 0.3 is 0 Å². The van der Waals surface area contributed by atoms with Gasteiger partial charge in [-0.2, -0.15) is 4.31 Å². The molecule has 4 rings (SSSR count). The lowest BCUT2D eigenvalue weighted by atomic mass is 10.0. The lowest BCUT2D eigenvalue weighted by molar-refractivity contribution is 0.102. The maximum Gasteiger partial charge on any atom is 0.256 e. The summed E-state index contributed by atoms with van der Waals surface area (Å²) in [7, 11) is -3.64. The Morgan fingerprint density at radius 1 is 0.964 bits per heavy atom. The van der Waals surface area contributed by atoms with E-state index < -0.39 is 15.9 Å². The van der Waals surface area contributed by atoms with Crippen LogP contribution in [-0.4, -0.2) is 36.8 Å². The molecule has 3 aromatic rings. The quantitative estimate of drug-likeness (QED) is 0.660. The lowest BCUT2D eigenvalue weighted by Gasteiger charge is -2.17. The highest BCUT2D eigenvalue weighted by Gasteiger charge is 2.28. The molecule has 6 nitrogen and oxygen atoms in total. The summed E-state index contributed by atoms with van der Waals surface area (Å²) in [5.74, 6) is -0.600. The Bertz CT molecular complexity index is 1150. The van der Waals surface area contributed by atoms with Crippen LogP contribution in [-0.2, 0) is 10.0 Å². The summed E-state index contributed by atoms with van der Waals surface area (Å²) < 4.78 is 26.9. The van der Waals surface area contributed by atoms with Crippen molar-refractivity contribution in [1.29, 1.82) is 0 Å². The van der Waals surface area contributed by atoms with E-state index in [9.17, 15) is 18.3 Å². The Labute approximate surface area is 163 Å².